The fraction of sp³-hybridized carbons (Fsp3) is 0.118. The fourth-order valence-electron chi connectivity index (χ4n) is 2.01. The largest absolute Gasteiger partial charge is 0.481 e. The van der Waals surface area contributed by atoms with Crippen LogP contribution in [0.4, 0.5) is 5.69 Å². The Kier molecular flexibility index (Phi) is 4.77. The predicted molar refractivity (Wildman–Crippen MR) is 89.9 cm³/mol. The summed E-state index contributed by atoms with van der Waals surface area (Å²) < 4.78 is 10.8. The molecule has 0 unspecified atom stereocenters. The zero-order valence-corrected chi connectivity index (χ0v) is 13.5. The standard InChI is InChI=1S/C17H14ClN3O3/c1-11(16(22)20-14-6-4-13(18)5-7-14)24-15-8-2-12(3-9-15)17-21-19-10-23-17/h2-11H,1H3,(H,20,22)/t11-/m1/s1. The van der Waals surface area contributed by atoms with Crippen molar-refractivity contribution in [2.24, 2.45) is 0 Å². The molecular formula is C17H14ClN3O3. The number of ether oxygens (including phenoxy) is 1. The number of anilines is 1. The molecule has 7 heteroatoms. The average molecular weight is 344 g/mol. The number of aromatic nitrogens is 2. The first-order chi connectivity index (χ1) is 11.6. The number of nitrogens with zero attached hydrogens (tertiary/aromatic N) is 2. The summed E-state index contributed by atoms with van der Waals surface area (Å²) in [5.74, 6) is 0.741. The highest BCUT2D eigenvalue weighted by atomic mass is 35.5. The quantitative estimate of drug-likeness (QED) is 0.762. The SMILES string of the molecule is C[C@@H](Oc1ccc(-c2nnco2)cc1)C(=O)Nc1ccc(Cl)cc1. The third kappa shape index (κ3) is 3.91. The summed E-state index contributed by atoms with van der Waals surface area (Å²) >= 11 is 5.82. The molecule has 24 heavy (non-hydrogen) atoms. The van der Waals surface area contributed by atoms with Gasteiger partial charge in [-0.15, -0.1) is 10.2 Å². The Balaban J connectivity index is 1.60. The molecule has 0 aliphatic carbocycles. The Labute approximate surface area is 143 Å². The van der Waals surface area contributed by atoms with Gasteiger partial charge in [-0.2, -0.15) is 0 Å². The Morgan fingerprint density at radius 3 is 2.50 bits per heavy atom. The van der Waals surface area contributed by atoms with E-state index >= 15 is 0 Å². The van der Waals surface area contributed by atoms with Crippen molar-refractivity contribution in [2.75, 3.05) is 5.32 Å². The van der Waals surface area contributed by atoms with Crippen LogP contribution >= 0.6 is 11.6 Å². The Morgan fingerprint density at radius 2 is 1.88 bits per heavy atom. The van der Waals surface area contributed by atoms with Gasteiger partial charge in [0.2, 0.25) is 12.3 Å². The molecule has 0 aliphatic heterocycles. The summed E-state index contributed by atoms with van der Waals surface area (Å²) in [4.78, 5) is 12.2. The number of amides is 1. The van der Waals surface area contributed by atoms with Crippen LogP contribution < -0.4 is 10.1 Å². The van der Waals surface area contributed by atoms with Crippen LogP contribution in [0, 0.1) is 0 Å². The van der Waals surface area contributed by atoms with Gasteiger partial charge in [-0.25, -0.2) is 0 Å². The molecule has 0 saturated carbocycles. The van der Waals surface area contributed by atoms with Crippen molar-refractivity contribution in [2.45, 2.75) is 13.0 Å². The number of hydrogen-bond acceptors (Lipinski definition) is 5. The van der Waals surface area contributed by atoms with E-state index in [1.54, 1.807) is 55.5 Å². The fourth-order valence-corrected chi connectivity index (χ4v) is 2.14. The van der Waals surface area contributed by atoms with Crippen LogP contribution in [0.5, 0.6) is 5.75 Å². The molecule has 3 aromatic rings. The first kappa shape index (κ1) is 16.0. The lowest BCUT2D eigenvalue weighted by Crippen LogP contribution is -2.30. The van der Waals surface area contributed by atoms with E-state index < -0.39 is 6.10 Å². The zero-order chi connectivity index (χ0) is 16.9. The minimum Gasteiger partial charge on any atom is -0.481 e. The monoisotopic (exact) mass is 343 g/mol. The van der Waals surface area contributed by atoms with Crippen molar-refractivity contribution in [3.63, 3.8) is 0 Å². The number of carbonyl (C=O) groups is 1. The van der Waals surface area contributed by atoms with Gasteiger partial charge in [0.25, 0.3) is 5.91 Å². The zero-order valence-electron chi connectivity index (χ0n) is 12.8. The third-order valence-electron chi connectivity index (χ3n) is 3.26. The summed E-state index contributed by atoms with van der Waals surface area (Å²) in [6, 6.07) is 13.9. The van der Waals surface area contributed by atoms with Gasteiger partial charge in [-0.1, -0.05) is 11.6 Å². The first-order valence-electron chi connectivity index (χ1n) is 7.21. The van der Waals surface area contributed by atoms with E-state index in [-0.39, 0.29) is 5.91 Å². The molecule has 6 nitrogen and oxygen atoms in total. The highest BCUT2D eigenvalue weighted by Crippen LogP contribution is 2.21. The van der Waals surface area contributed by atoms with Gasteiger partial charge in [-0.05, 0) is 55.5 Å². The summed E-state index contributed by atoms with van der Waals surface area (Å²) in [5, 5.41) is 10.8. The van der Waals surface area contributed by atoms with Gasteiger partial charge < -0.3 is 14.5 Å². The topological polar surface area (TPSA) is 77.2 Å². The number of benzene rings is 2. The lowest BCUT2D eigenvalue weighted by atomic mass is 10.2. The molecule has 0 saturated heterocycles. The second kappa shape index (κ2) is 7.14. The number of hydrogen-bond donors (Lipinski definition) is 1. The van der Waals surface area contributed by atoms with E-state index in [2.05, 4.69) is 15.5 Å². The van der Waals surface area contributed by atoms with Crippen molar-refractivity contribution >= 4 is 23.2 Å². The van der Waals surface area contributed by atoms with Gasteiger partial charge >= 0.3 is 0 Å². The van der Waals surface area contributed by atoms with Crippen LogP contribution in [-0.4, -0.2) is 22.2 Å². The van der Waals surface area contributed by atoms with Crippen molar-refractivity contribution in [1.29, 1.82) is 0 Å². The summed E-state index contributed by atoms with van der Waals surface area (Å²) in [6.45, 7) is 1.68. The minimum atomic E-state index is -0.657. The molecule has 0 fully saturated rings. The molecule has 3 rings (SSSR count). The van der Waals surface area contributed by atoms with Crippen LogP contribution in [0.3, 0.4) is 0 Å². The molecule has 1 N–H and O–H groups in total. The average Bonchev–Trinajstić information content (AvgIpc) is 3.12. The van der Waals surface area contributed by atoms with E-state index in [1.807, 2.05) is 0 Å². The normalized spacial score (nSPS) is 11.8. The molecule has 1 amide bonds. The number of halogens is 1. The van der Waals surface area contributed by atoms with Crippen LogP contribution in [0.2, 0.25) is 5.02 Å². The van der Waals surface area contributed by atoms with E-state index in [9.17, 15) is 4.79 Å². The van der Waals surface area contributed by atoms with E-state index in [1.165, 1.54) is 6.39 Å². The predicted octanol–water partition coefficient (Wildman–Crippen LogP) is 3.80. The maximum Gasteiger partial charge on any atom is 0.265 e. The van der Waals surface area contributed by atoms with Crippen molar-refractivity contribution in [3.8, 4) is 17.2 Å². The second-order valence-corrected chi connectivity index (χ2v) is 5.46. The molecule has 0 aliphatic rings. The Bertz CT molecular complexity index is 802. The maximum absolute atomic E-state index is 12.2. The molecule has 0 bridgehead atoms. The molecule has 0 radical (unpaired) electrons. The lowest BCUT2D eigenvalue weighted by molar-refractivity contribution is -0.122. The number of rotatable bonds is 5. The summed E-state index contributed by atoms with van der Waals surface area (Å²) in [6.07, 6.45) is 0.609. The molecule has 1 atom stereocenters. The third-order valence-corrected chi connectivity index (χ3v) is 3.51. The van der Waals surface area contributed by atoms with Crippen LogP contribution in [0.25, 0.3) is 11.5 Å². The van der Waals surface area contributed by atoms with Crippen LogP contribution in [-0.2, 0) is 4.79 Å². The maximum atomic E-state index is 12.2. The molecule has 2 aromatic carbocycles. The van der Waals surface area contributed by atoms with Crippen molar-refractivity contribution in [3.05, 3.63) is 59.9 Å². The Morgan fingerprint density at radius 1 is 1.17 bits per heavy atom. The highest BCUT2D eigenvalue weighted by molar-refractivity contribution is 6.30. The van der Waals surface area contributed by atoms with E-state index in [0.717, 1.165) is 5.56 Å². The molecular weight excluding hydrogens is 330 g/mol. The molecule has 0 spiro atoms. The second-order valence-electron chi connectivity index (χ2n) is 5.02. The van der Waals surface area contributed by atoms with Crippen molar-refractivity contribution < 1.29 is 13.9 Å². The summed E-state index contributed by atoms with van der Waals surface area (Å²) in [7, 11) is 0. The smallest absolute Gasteiger partial charge is 0.265 e. The summed E-state index contributed by atoms with van der Waals surface area (Å²) in [5.41, 5.74) is 1.43. The van der Waals surface area contributed by atoms with Crippen LogP contribution in [0.1, 0.15) is 6.92 Å². The first-order valence-corrected chi connectivity index (χ1v) is 7.59. The van der Waals surface area contributed by atoms with E-state index in [4.69, 9.17) is 20.8 Å². The Hall–Kier alpha value is -2.86. The van der Waals surface area contributed by atoms with Gasteiger partial charge in [0.1, 0.15) is 5.75 Å². The lowest BCUT2D eigenvalue weighted by Gasteiger charge is -2.15. The van der Waals surface area contributed by atoms with Crippen molar-refractivity contribution in [1.82, 2.24) is 10.2 Å². The van der Waals surface area contributed by atoms with E-state index in [0.29, 0.717) is 22.4 Å². The van der Waals surface area contributed by atoms with Gasteiger partial charge in [0, 0.05) is 16.3 Å². The molecule has 122 valence electrons. The number of carbonyl (C=O) groups excluding carboxylic acids is 1. The van der Waals surface area contributed by atoms with Gasteiger partial charge in [0.15, 0.2) is 6.10 Å². The van der Waals surface area contributed by atoms with Gasteiger partial charge in [-0.3, -0.25) is 4.79 Å². The minimum absolute atomic E-state index is 0.252. The molecule has 1 heterocycles. The van der Waals surface area contributed by atoms with Gasteiger partial charge in [0.05, 0.1) is 0 Å². The highest BCUT2D eigenvalue weighted by Gasteiger charge is 2.15. The molecule has 1 aromatic heterocycles. The number of nitrogens with one attached hydrogen (secondary N) is 1. The van der Waals surface area contributed by atoms with Crippen LogP contribution in [0.15, 0.2) is 59.3 Å².